The van der Waals surface area contributed by atoms with Gasteiger partial charge in [-0.3, -0.25) is 14.8 Å². The molecule has 6 nitrogen and oxygen atoms in total. The van der Waals surface area contributed by atoms with Crippen LogP contribution in [0.5, 0.6) is 0 Å². The molecule has 3 aromatic heterocycles. The summed E-state index contributed by atoms with van der Waals surface area (Å²) in [6.07, 6.45) is 1.77. The number of aryl methyl sites for hydroxylation is 1. The van der Waals surface area contributed by atoms with Gasteiger partial charge in [0.05, 0.1) is 16.7 Å². The van der Waals surface area contributed by atoms with Crippen molar-refractivity contribution in [2.24, 2.45) is 5.41 Å². The predicted molar refractivity (Wildman–Crippen MR) is 101 cm³/mol. The highest BCUT2D eigenvalue weighted by Crippen LogP contribution is 2.28. The summed E-state index contributed by atoms with van der Waals surface area (Å²) in [5, 5.41) is 16.6. The number of rotatable bonds is 3. The lowest BCUT2D eigenvalue weighted by atomic mass is 9.97. The summed E-state index contributed by atoms with van der Waals surface area (Å²) >= 11 is 0. The molecule has 1 aromatic carbocycles. The number of aromatic amines is 1. The number of anilines is 2. The topological polar surface area (TPSA) is 71.4 Å². The third-order valence-corrected chi connectivity index (χ3v) is 4.14. The van der Waals surface area contributed by atoms with Gasteiger partial charge < -0.3 is 5.32 Å². The van der Waals surface area contributed by atoms with Crippen molar-refractivity contribution in [1.82, 2.24) is 25.0 Å². The van der Waals surface area contributed by atoms with E-state index in [1.807, 2.05) is 12.1 Å². The number of nitrogens with zero attached hydrogens (tertiary/aromatic N) is 4. The maximum Gasteiger partial charge on any atom is 0.178 e. The Morgan fingerprint density at radius 1 is 1.20 bits per heavy atom. The van der Waals surface area contributed by atoms with E-state index in [2.05, 4.69) is 71.1 Å². The molecule has 4 rings (SSSR count). The van der Waals surface area contributed by atoms with Gasteiger partial charge in [-0.25, -0.2) is 0 Å². The van der Waals surface area contributed by atoms with Gasteiger partial charge in [0.2, 0.25) is 0 Å². The summed E-state index contributed by atoms with van der Waals surface area (Å²) in [6, 6.07) is 10.2. The monoisotopic (exact) mass is 334 g/mol. The minimum absolute atomic E-state index is 0.182. The Morgan fingerprint density at radius 2 is 2.04 bits per heavy atom. The van der Waals surface area contributed by atoms with Crippen molar-refractivity contribution in [3.05, 3.63) is 42.2 Å². The number of pyridine rings is 1. The zero-order chi connectivity index (χ0) is 17.6. The predicted octanol–water partition coefficient (Wildman–Crippen LogP) is 4.41. The van der Waals surface area contributed by atoms with E-state index in [0.29, 0.717) is 0 Å². The Hall–Kier alpha value is -2.89. The van der Waals surface area contributed by atoms with Crippen LogP contribution in [0.1, 0.15) is 26.5 Å². The number of nitrogens with one attached hydrogen (secondary N) is 2. The van der Waals surface area contributed by atoms with Crippen LogP contribution in [-0.2, 0) is 6.54 Å². The van der Waals surface area contributed by atoms with Crippen LogP contribution >= 0.6 is 0 Å². The number of fused-ring (bicyclic) bond motifs is 2. The zero-order valence-corrected chi connectivity index (χ0v) is 15.0. The molecule has 4 aromatic rings. The van der Waals surface area contributed by atoms with Crippen molar-refractivity contribution in [3.8, 4) is 0 Å². The lowest BCUT2D eigenvalue weighted by molar-refractivity contribution is 0.330. The maximum atomic E-state index is 4.72. The third-order valence-electron chi connectivity index (χ3n) is 4.14. The summed E-state index contributed by atoms with van der Waals surface area (Å²) in [5.74, 6) is 0.731. The molecule has 0 radical (unpaired) electrons. The van der Waals surface area contributed by atoms with Gasteiger partial charge in [0.1, 0.15) is 5.52 Å². The fraction of sp³-hybridized carbons (Fsp3) is 0.316. The Kier molecular flexibility index (Phi) is 3.49. The van der Waals surface area contributed by atoms with Crippen molar-refractivity contribution >= 4 is 33.4 Å². The highest BCUT2D eigenvalue weighted by Gasteiger charge is 2.16. The smallest absolute Gasteiger partial charge is 0.178 e. The molecular weight excluding hydrogens is 312 g/mol. The summed E-state index contributed by atoms with van der Waals surface area (Å²) in [7, 11) is 0. The maximum absolute atomic E-state index is 4.72. The molecule has 0 bridgehead atoms. The summed E-state index contributed by atoms with van der Waals surface area (Å²) in [4.78, 5) is 4.39. The molecule has 2 N–H and O–H groups in total. The largest absolute Gasteiger partial charge is 0.337 e. The second-order valence-electron chi connectivity index (χ2n) is 7.63. The number of H-pyrrole nitrogens is 1. The van der Waals surface area contributed by atoms with E-state index in [1.54, 1.807) is 6.20 Å². The first-order chi connectivity index (χ1) is 11.9. The van der Waals surface area contributed by atoms with Crippen LogP contribution in [0.15, 0.2) is 36.5 Å². The van der Waals surface area contributed by atoms with Gasteiger partial charge in [-0.2, -0.15) is 10.2 Å². The molecule has 0 atom stereocenters. The normalized spacial score (nSPS) is 12.2. The first kappa shape index (κ1) is 15.6. The van der Waals surface area contributed by atoms with Gasteiger partial charge in [-0.1, -0.05) is 20.8 Å². The van der Waals surface area contributed by atoms with Crippen molar-refractivity contribution in [2.45, 2.75) is 34.2 Å². The van der Waals surface area contributed by atoms with Gasteiger partial charge in [-0.05, 0) is 42.7 Å². The van der Waals surface area contributed by atoms with Crippen LogP contribution in [0.2, 0.25) is 0 Å². The number of hydrogen-bond donors (Lipinski definition) is 2. The van der Waals surface area contributed by atoms with Crippen LogP contribution in [0, 0.1) is 12.3 Å². The Bertz CT molecular complexity index is 1050. The van der Waals surface area contributed by atoms with Gasteiger partial charge >= 0.3 is 0 Å². The van der Waals surface area contributed by atoms with E-state index in [1.165, 1.54) is 0 Å². The number of hydrogen-bond acceptors (Lipinski definition) is 4. The van der Waals surface area contributed by atoms with Gasteiger partial charge in [-0.15, -0.1) is 0 Å². The Balaban J connectivity index is 1.71. The van der Waals surface area contributed by atoms with Crippen molar-refractivity contribution < 1.29 is 0 Å². The summed E-state index contributed by atoms with van der Waals surface area (Å²) < 4.78 is 2.10. The van der Waals surface area contributed by atoms with Crippen LogP contribution < -0.4 is 5.32 Å². The minimum atomic E-state index is 0.182. The molecular formula is C19H22N6. The first-order valence-electron chi connectivity index (χ1n) is 8.44. The lowest BCUT2D eigenvalue weighted by Gasteiger charge is -2.18. The van der Waals surface area contributed by atoms with E-state index in [4.69, 9.17) is 5.10 Å². The first-order valence-corrected chi connectivity index (χ1v) is 8.44. The standard InChI is InChI=1S/C19H22N6/c1-12-14-10-13(7-8-16(14)25(24-12)11-19(2,3)4)21-18-17-15(22-23-18)6-5-9-20-17/h5-10H,11H2,1-4H3,(H2,21,22,23). The molecule has 6 heteroatoms. The SMILES string of the molecule is Cc1nn(CC(C)(C)C)c2ccc(Nc3n[nH]c4cccnc34)cc12. The second-order valence-corrected chi connectivity index (χ2v) is 7.63. The molecule has 3 heterocycles. The fourth-order valence-electron chi connectivity index (χ4n) is 3.06. The van der Waals surface area contributed by atoms with Crippen LogP contribution in [0.4, 0.5) is 11.5 Å². The summed E-state index contributed by atoms with van der Waals surface area (Å²) in [6.45, 7) is 9.61. The van der Waals surface area contributed by atoms with E-state index in [0.717, 1.165) is 45.7 Å². The van der Waals surface area contributed by atoms with E-state index < -0.39 is 0 Å². The molecule has 128 valence electrons. The third kappa shape index (κ3) is 2.95. The molecule has 0 saturated carbocycles. The molecule has 0 fully saturated rings. The van der Waals surface area contributed by atoms with E-state index in [9.17, 15) is 0 Å². The van der Waals surface area contributed by atoms with E-state index in [-0.39, 0.29) is 5.41 Å². The number of benzene rings is 1. The fourth-order valence-corrected chi connectivity index (χ4v) is 3.06. The molecule has 0 unspecified atom stereocenters. The Morgan fingerprint density at radius 3 is 2.84 bits per heavy atom. The van der Waals surface area contributed by atoms with Crippen LogP contribution in [0.3, 0.4) is 0 Å². The second kappa shape index (κ2) is 5.58. The molecule has 0 aliphatic carbocycles. The Labute approximate surface area is 146 Å². The van der Waals surface area contributed by atoms with Gasteiger partial charge in [0, 0.05) is 23.8 Å². The van der Waals surface area contributed by atoms with Gasteiger partial charge in [0.15, 0.2) is 5.82 Å². The number of aromatic nitrogens is 5. The van der Waals surface area contributed by atoms with Crippen LogP contribution in [-0.4, -0.2) is 25.0 Å². The highest BCUT2D eigenvalue weighted by atomic mass is 15.3. The average Bonchev–Trinajstić information content (AvgIpc) is 3.08. The summed E-state index contributed by atoms with van der Waals surface area (Å²) in [5.41, 5.74) is 5.10. The van der Waals surface area contributed by atoms with Crippen LogP contribution in [0.25, 0.3) is 21.9 Å². The molecule has 0 aliphatic heterocycles. The molecule has 0 spiro atoms. The van der Waals surface area contributed by atoms with E-state index >= 15 is 0 Å². The highest BCUT2D eigenvalue weighted by molar-refractivity contribution is 5.90. The molecule has 25 heavy (non-hydrogen) atoms. The minimum Gasteiger partial charge on any atom is -0.337 e. The van der Waals surface area contributed by atoms with Gasteiger partial charge in [0.25, 0.3) is 0 Å². The zero-order valence-electron chi connectivity index (χ0n) is 15.0. The molecule has 0 amide bonds. The van der Waals surface area contributed by atoms with Crippen molar-refractivity contribution in [1.29, 1.82) is 0 Å². The quantitative estimate of drug-likeness (QED) is 0.582. The van der Waals surface area contributed by atoms with Crippen molar-refractivity contribution in [2.75, 3.05) is 5.32 Å². The molecule has 0 aliphatic rings. The average molecular weight is 334 g/mol. The molecule has 0 saturated heterocycles. The van der Waals surface area contributed by atoms with Crippen molar-refractivity contribution in [3.63, 3.8) is 0 Å². The lowest BCUT2D eigenvalue weighted by Crippen LogP contribution is -2.16.